The average molecular weight is 242 g/mol. The van der Waals surface area contributed by atoms with Gasteiger partial charge in [-0.25, -0.2) is 4.79 Å². The van der Waals surface area contributed by atoms with Gasteiger partial charge < -0.3 is 15.5 Å². The van der Waals surface area contributed by atoms with Crippen molar-refractivity contribution in [3.8, 4) is 0 Å². The summed E-state index contributed by atoms with van der Waals surface area (Å²) < 4.78 is 0. The Morgan fingerprint density at radius 3 is 2.88 bits per heavy atom. The van der Waals surface area contributed by atoms with Crippen LogP contribution in [0, 0.1) is 6.92 Å². The number of hydrogen-bond acceptors (Lipinski definition) is 3. The maximum atomic E-state index is 11.1. The number of anilines is 1. The van der Waals surface area contributed by atoms with Crippen LogP contribution in [0.25, 0.3) is 0 Å². The van der Waals surface area contributed by atoms with Gasteiger partial charge in [-0.2, -0.15) is 0 Å². The third kappa shape index (κ3) is 1.54. The molecule has 1 aliphatic rings. The van der Waals surface area contributed by atoms with Crippen LogP contribution in [-0.2, 0) is 10.4 Å². The van der Waals surface area contributed by atoms with Gasteiger partial charge in [0.15, 0.2) is 5.60 Å². The average Bonchev–Trinajstić information content (AvgIpc) is 2.19. The molecule has 1 heterocycles. The smallest absolute Gasteiger partial charge is 0.340 e. The van der Waals surface area contributed by atoms with Crippen LogP contribution in [-0.4, -0.2) is 22.7 Å². The molecule has 4 nitrogen and oxygen atoms in total. The molecule has 2 rings (SSSR count). The van der Waals surface area contributed by atoms with E-state index in [1.54, 1.807) is 6.07 Å². The maximum Gasteiger partial charge on any atom is 0.340 e. The van der Waals surface area contributed by atoms with E-state index in [4.69, 9.17) is 16.7 Å². The SMILES string of the molecule is Cc1cc(Cl)cc2c1NCCC2(O)C(=O)O. The van der Waals surface area contributed by atoms with Gasteiger partial charge in [0.1, 0.15) is 0 Å². The second-order valence-electron chi connectivity index (χ2n) is 3.99. The molecular weight excluding hydrogens is 230 g/mol. The van der Waals surface area contributed by atoms with E-state index < -0.39 is 11.6 Å². The van der Waals surface area contributed by atoms with Crippen LogP contribution in [0.1, 0.15) is 17.5 Å². The van der Waals surface area contributed by atoms with E-state index in [1.807, 2.05) is 6.92 Å². The van der Waals surface area contributed by atoms with Crippen LogP contribution in [0.5, 0.6) is 0 Å². The minimum atomic E-state index is -1.84. The fourth-order valence-corrected chi connectivity index (χ4v) is 2.30. The molecule has 0 spiro atoms. The van der Waals surface area contributed by atoms with Crippen molar-refractivity contribution >= 4 is 23.3 Å². The molecule has 16 heavy (non-hydrogen) atoms. The number of hydrogen-bond donors (Lipinski definition) is 3. The Labute approximate surface area is 97.9 Å². The lowest BCUT2D eigenvalue weighted by atomic mass is 9.85. The van der Waals surface area contributed by atoms with Gasteiger partial charge in [-0.3, -0.25) is 0 Å². The molecule has 0 aromatic heterocycles. The lowest BCUT2D eigenvalue weighted by molar-refractivity contribution is -0.160. The molecule has 0 saturated carbocycles. The van der Waals surface area contributed by atoms with Gasteiger partial charge in [0, 0.05) is 29.2 Å². The van der Waals surface area contributed by atoms with Crippen LogP contribution < -0.4 is 5.32 Å². The molecule has 1 atom stereocenters. The quantitative estimate of drug-likeness (QED) is 0.701. The van der Waals surface area contributed by atoms with Crippen LogP contribution >= 0.6 is 11.6 Å². The molecule has 0 amide bonds. The topological polar surface area (TPSA) is 69.6 Å². The van der Waals surface area contributed by atoms with Crippen LogP contribution in [0.3, 0.4) is 0 Å². The summed E-state index contributed by atoms with van der Waals surface area (Å²) in [6, 6.07) is 3.24. The highest BCUT2D eigenvalue weighted by atomic mass is 35.5. The summed E-state index contributed by atoms with van der Waals surface area (Å²) in [5, 5.41) is 22.8. The number of rotatable bonds is 1. The Hall–Kier alpha value is -1.26. The molecule has 1 aromatic rings. The van der Waals surface area contributed by atoms with Gasteiger partial charge in [0.25, 0.3) is 0 Å². The number of fused-ring (bicyclic) bond motifs is 1. The van der Waals surface area contributed by atoms with E-state index >= 15 is 0 Å². The van der Waals surface area contributed by atoms with Gasteiger partial charge in [-0.05, 0) is 24.6 Å². The standard InChI is InChI=1S/C11H12ClNO3/c1-6-4-7(12)5-8-9(6)13-3-2-11(8,16)10(14)15/h4-5,13,16H,2-3H2,1H3,(H,14,15). The highest BCUT2D eigenvalue weighted by Gasteiger charge is 2.42. The van der Waals surface area contributed by atoms with Gasteiger partial charge in [-0.15, -0.1) is 0 Å². The largest absolute Gasteiger partial charge is 0.479 e. The summed E-state index contributed by atoms with van der Waals surface area (Å²) in [5.41, 5.74) is 0.00894. The Bertz CT molecular complexity index is 461. The third-order valence-electron chi connectivity index (χ3n) is 2.89. The zero-order valence-electron chi connectivity index (χ0n) is 8.75. The van der Waals surface area contributed by atoms with Crippen molar-refractivity contribution in [2.75, 3.05) is 11.9 Å². The Kier molecular flexibility index (Phi) is 2.56. The number of halogens is 1. The number of carboxylic acids is 1. The van der Waals surface area contributed by atoms with Gasteiger partial charge in [0.05, 0.1) is 0 Å². The number of aliphatic carboxylic acids is 1. The molecule has 5 heteroatoms. The second kappa shape index (κ2) is 3.64. The molecular formula is C11H12ClNO3. The predicted octanol–water partition coefficient (Wildman–Crippen LogP) is 1.74. The lowest BCUT2D eigenvalue weighted by Gasteiger charge is -2.32. The fraction of sp³-hybridized carbons (Fsp3) is 0.364. The van der Waals surface area contributed by atoms with E-state index in [0.29, 0.717) is 22.8 Å². The maximum absolute atomic E-state index is 11.1. The number of carboxylic acid groups (broad SMARTS) is 1. The van der Waals surface area contributed by atoms with Crippen molar-refractivity contribution < 1.29 is 15.0 Å². The van der Waals surface area contributed by atoms with Crippen molar-refractivity contribution in [3.63, 3.8) is 0 Å². The minimum Gasteiger partial charge on any atom is -0.479 e. The molecule has 86 valence electrons. The second-order valence-corrected chi connectivity index (χ2v) is 4.42. The number of carbonyl (C=O) groups is 1. The highest BCUT2D eigenvalue weighted by Crippen LogP contribution is 2.39. The highest BCUT2D eigenvalue weighted by molar-refractivity contribution is 6.30. The van der Waals surface area contributed by atoms with Crippen LogP contribution in [0.15, 0.2) is 12.1 Å². The van der Waals surface area contributed by atoms with Crippen molar-refractivity contribution in [1.29, 1.82) is 0 Å². The molecule has 1 unspecified atom stereocenters. The van der Waals surface area contributed by atoms with E-state index in [1.165, 1.54) is 6.07 Å². The van der Waals surface area contributed by atoms with Gasteiger partial charge in [0.2, 0.25) is 0 Å². The minimum absolute atomic E-state index is 0.134. The first kappa shape index (κ1) is 11.2. The van der Waals surface area contributed by atoms with E-state index in [-0.39, 0.29) is 6.42 Å². The van der Waals surface area contributed by atoms with Crippen LogP contribution in [0.4, 0.5) is 5.69 Å². The summed E-state index contributed by atoms with van der Waals surface area (Å²) in [7, 11) is 0. The van der Waals surface area contributed by atoms with E-state index in [0.717, 1.165) is 5.56 Å². The third-order valence-corrected chi connectivity index (χ3v) is 3.11. The summed E-state index contributed by atoms with van der Waals surface area (Å²) >= 11 is 5.88. The molecule has 1 aliphatic heterocycles. The van der Waals surface area contributed by atoms with Gasteiger partial charge in [-0.1, -0.05) is 11.6 Å². The predicted molar refractivity (Wildman–Crippen MR) is 60.8 cm³/mol. The fourth-order valence-electron chi connectivity index (χ4n) is 2.03. The summed E-state index contributed by atoms with van der Waals surface area (Å²) in [4.78, 5) is 11.1. The molecule has 1 aromatic carbocycles. The normalized spacial score (nSPS) is 23.4. The number of nitrogens with one attached hydrogen (secondary N) is 1. The summed E-state index contributed by atoms with van der Waals surface area (Å²) in [6.07, 6.45) is 0.134. The van der Waals surface area contributed by atoms with Crippen molar-refractivity contribution in [3.05, 3.63) is 28.3 Å². The Morgan fingerprint density at radius 2 is 2.25 bits per heavy atom. The molecule has 0 radical (unpaired) electrons. The zero-order valence-corrected chi connectivity index (χ0v) is 9.51. The summed E-state index contributed by atoms with van der Waals surface area (Å²) in [5.74, 6) is -1.24. The Balaban J connectivity index is 2.67. The molecule has 0 aliphatic carbocycles. The lowest BCUT2D eigenvalue weighted by Crippen LogP contribution is -2.41. The summed E-state index contributed by atoms with van der Waals surface area (Å²) in [6.45, 7) is 2.25. The monoisotopic (exact) mass is 241 g/mol. The number of aryl methyl sites for hydroxylation is 1. The van der Waals surface area contributed by atoms with E-state index in [9.17, 15) is 9.90 Å². The van der Waals surface area contributed by atoms with Crippen molar-refractivity contribution in [1.82, 2.24) is 0 Å². The van der Waals surface area contributed by atoms with Crippen molar-refractivity contribution in [2.45, 2.75) is 18.9 Å². The first-order valence-corrected chi connectivity index (χ1v) is 5.33. The molecule has 3 N–H and O–H groups in total. The first-order chi connectivity index (χ1) is 7.45. The van der Waals surface area contributed by atoms with Crippen LogP contribution in [0.2, 0.25) is 5.02 Å². The van der Waals surface area contributed by atoms with Gasteiger partial charge >= 0.3 is 5.97 Å². The number of aliphatic hydroxyl groups is 1. The van der Waals surface area contributed by atoms with Crippen molar-refractivity contribution in [2.24, 2.45) is 0 Å². The number of benzene rings is 1. The zero-order chi connectivity index (χ0) is 11.9. The van der Waals surface area contributed by atoms with E-state index in [2.05, 4.69) is 5.32 Å². The first-order valence-electron chi connectivity index (χ1n) is 4.95. The molecule has 0 fully saturated rings. The molecule has 0 saturated heterocycles. The Morgan fingerprint density at radius 1 is 1.56 bits per heavy atom. The molecule has 0 bridgehead atoms.